The van der Waals surface area contributed by atoms with Crippen molar-refractivity contribution in [3.63, 3.8) is 0 Å². The molecule has 0 N–H and O–H groups in total. The summed E-state index contributed by atoms with van der Waals surface area (Å²) in [5.41, 5.74) is 0.864. The average molecular weight is 413 g/mol. The first-order chi connectivity index (χ1) is 11.9. The van der Waals surface area contributed by atoms with Crippen LogP contribution in [0.5, 0.6) is 0 Å². The normalized spacial score (nSPS) is 18.5. The lowest BCUT2D eigenvalue weighted by Crippen LogP contribution is -2.29. The zero-order chi connectivity index (χ0) is 18.0. The van der Waals surface area contributed by atoms with Gasteiger partial charge >= 0.3 is 0 Å². The number of rotatable bonds is 4. The van der Waals surface area contributed by atoms with E-state index in [0.29, 0.717) is 15.8 Å². The van der Waals surface area contributed by atoms with Crippen molar-refractivity contribution in [3.8, 4) is 0 Å². The standard InChI is InChI=1S/C16H13ClN2O3S3/c1-2-19-15(20)12(10-11-6-4-3-5-7-11)23-16(19)18-25(21,22)14-9-8-13(17)24-14/h3-10H,2H2,1H3/b12-10-,18-16?. The van der Waals surface area contributed by atoms with Crippen LogP contribution in [0, 0.1) is 0 Å². The minimum atomic E-state index is -3.91. The molecule has 0 radical (unpaired) electrons. The summed E-state index contributed by atoms with van der Waals surface area (Å²) in [5, 5.41) is 0.152. The summed E-state index contributed by atoms with van der Waals surface area (Å²) in [7, 11) is -3.91. The van der Waals surface area contributed by atoms with Crippen molar-refractivity contribution in [1.29, 1.82) is 0 Å². The summed E-state index contributed by atoms with van der Waals surface area (Å²) < 4.78 is 29.1. The third-order valence-corrected chi connectivity index (χ3v) is 7.39. The van der Waals surface area contributed by atoms with Gasteiger partial charge in [0.1, 0.15) is 4.21 Å². The molecule has 2 aromatic rings. The van der Waals surface area contributed by atoms with Crippen molar-refractivity contribution < 1.29 is 13.2 Å². The minimum absolute atomic E-state index is 0.0505. The van der Waals surface area contributed by atoms with Gasteiger partial charge in [-0.2, -0.15) is 8.42 Å². The van der Waals surface area contributed by atoms with Gasteiger partial charge in [-0.05, 0) is 42.5 Å². The molecular formula is C16H13ClN2O3S3. The molecule has 0 saturated carbocycles. The van der Waals surface area contributed by atoms with E-state index in [9.17, 15) is 13.2 Å². The highest BCUT2D eigenvalue weighted by atomic mass is 35.5. The van der Waals surface area contributed by atoms with Crippen LogP contribution in [0.15, 0.2) is 56.0 Å². The second-order valence-corrected chi connectivity index (χ2v) is 9.53. The lowest BCUT2D eigenvalue weighted by atomic mass is 10.2. The fourth-order valence-corrected chi connectivity index (χ4v) is 5.85. The fourth-order valence-electron chi connectivity index (χ4n) is 2.14. The number of halogens is 1. The summed E-state index contributed by atoms with van der Waals surface area (Å²) in [6.07, 6.45) is 1.73. The van der Waals surface area contributed by atoms with Crippen LogP contribution in [0.25, 0.3) is 6.08 Å². The predicted molar refractivity (Wildman–Crippen MR) is 103 cm³/mol. The van der Waals surface area contributed by atoms with Crippen LogP contribution in [-0.4, -0.2) is 30.9 Å². The molecule has 0 aliphatic carbocycles. The molecule has 2 heterocycles. The third kappa shape index (κ3) is 3.98. The van der Waals surface area contributed by atoms with Crippen LogP contribution in [0.4, 0.5) is 0 Å². The number of likely N-dealkylation sites (N-methyl/N-ethyl adjacent to an activating group) is 1. The molecular weight excluding hydrogens is 400 g/mol. The summed E-state index contributed by atoms with van der Waals surface area (Å²) in [4.78, 5) is 14.3. The number of carbonyl (C=O) groups excluding carboxylic acids is 1. The molecule has 0 spiro atoms. The van der Waals surface area contributed by atoms with Crippen LogP contribution in [-0.2, 0) is 14.8 Å². The highest BCUT2D eigenvalue weighted by Crippen LogP contribution is 2.34. The van der Waals surface area contributed by atoms with Crippen molar-refractivity contribution in [3.05, 3.63) is 57.3 Å². The first-order valence-corrected chi connectivity index (χ1v) is 10.7. The number of sulfonamides is 1. The number of amidine groups is 1. The van der Waals surface area contributed by atoms with E-state index in [1.54, 1.807) is 13.0 Å². The Morgan fingerprint density at radius 2 is 1.92 bits per heavy atom. The van der Waals surface area contributed by atoms with E-state index in [1.165, 1.54) is 17.0 Å². The predicted octanol–water partition coefficient (Wildman–Crippen LogP) is 4.08. The van der Waals surface area contributed by atoms with Gasteiger partial charge < -0.3 is 0 Å². The van der Waals surface area contributed by atoms with Crippen molar-refractivity contribution in [2.45, 2.75) is 11.1 Å². The van der Waals surface area contributed by atoms with Crippen molar-refractivity contribution in [2.24, 2.45) is 4.40 Å². The summed E-state index contributed by atoms with van der Waals surface area (Å²) >= 11 is 7.79. The zero-order valence-corrected chi connectivity index (χ0v) is 16.3. The fraction of sp³-hybridized carbons (Fsp3) is 0.125. The number of hydrogen-bond donors (Lipinski definition) is 0. The maximum Gasteiger partial charge on any atom is 0.294 e. The Hall–Kier alpha value is -1.61. The number of nitrogens with zero attached hydrogens (tertiary/aromatic N) is 2. The average Bonchev–Trinajstić information content (AvgIpc) is 3.13. The second-order valence-electron chi connectivity index (χ2n) is 4.98. The molecule has 130 valence electrons. The number of hydrogen-bond acceptors (Lipinski definition) is 5. The zero-order valence-electron chi connectivity index (χ0n) is 13.0. The Kier molecular flexibility index (Phi) is 5.33. The van der Waals surface area contributed by atoms with Gasteiger partial charge in [0.05, 0.1) is 9.24 Å². The van der Waals surface area contributed by atoms with E-state index in [-0.39, 0.29) is 15.3 Å². The first-order valence-electron chi connectivity index (χ1n) is 7.27. The summed E-state index contributed by atoms with van der Waals surface area (Å²) in [5.74, 6) is -0.255. The molecule has 25 heavy (non-hydrogen) atoms. The molecule has 0 atom stereocenters. The Balaban J connectivity index is 1.96. The molecule has 0 bridgehead atoms. The van der Waals surface area contributed by atoms with E-state index in [2.05, 4.69) is 4.40 Å². The molecule has 5 nitrogen and oxygen atoms in total. The van der Waals surface area contributed by atoms with Crippen molar-refractivity contribution in [2.75, 3.05) is 6.54 Å². The number of thiophene rings is 1. The largest absolute Gasteiger partial charge is 0.294 e. The monoisotopic (exact) mass is 412 g/mol. The maximum atomic E-state index is 12.5. The third-order valence-electron chi connectivity index (χ3n) is 3.30. The van der Waals surface area contributed by atoms with Crippen molar-refractivity contribution >= 4 is 61.9 Å². The quantitative estimate of drug-likeness (QED) is 0.709. The highest BCUT2D eigenvalue weighted by molar-refractivity contribution is 8.19. The molecule has 1 amide bonds. The summed E-state index contributed by atoms with van der Waals surface area (Å²) in [6, 6.07) is 12.3. The number of thioether (sulfide) groups is 1. The van der Waals surface area contributed by atoms with Gasteiger partial charge in [-0.25, -0.2) is 0 Å². The number of carbonyl (C=O) groups is 1. The molecule has 9 heteroatoms. The summed E-state index contributed by atoms with van der Waals surface area (Å²) in [6.45, 7) is 2.10. The molecule has 1 aromatic carbocycles. The maximum absolute atomic E-state index is 12.5. The second kappa shape index (κ2) is 7.33. The smallest absolute Gasteiger partial charge is 0.286 e. The van der Waals surface area contributed by atoms with Gasteiger partial charge in [0.2, 0.25) is 0 Å². The van der Waals surface area contributed by atoms with Gasteiger partial charge in [-0.3, -0.25) is 9.69 Å². The van der Waals surface area contributed by atoms with Gasteiger partial charge in [0.25, 0.3) is 15.9 Å². The molecule has 1 fully saturated rings. The number of amides is 1. The van der Waals surface area contributed by atoms with E-state index in [1.807, 2.05) is 30.3 Å². The van der Waals surface area contributed by atoms with Crippen LogP contribution in [0.3, 0.4) is 0 Å². The highest BCUT2D eigenvalue weighted by Gasteiger charge is 2.34. The molecule has 3 rings (SSSR count). The molecule has 1 aromatic heterocycles. The molecule has 1 aliphatic heterocycles. The Morgan fingerprint density at radius 1 is 1.20 bits per heavy atom. The van der Waals surface area contributed by atoms with Gasteiger partial charge in [0, 0.05) is 6.54 Å². The topological polar surface area (TPSA) is 66.8 Å². The first kappa shape index (κ1) is 18.2. The molecule has 1 aliphatic rings. The van der Waals surface area contributed by atoms with Crippen LogP contribution in [0.2, 0.25) is 4.34 Å². The van der Waals surface area contributed by atoms with Crippen LogP contribution >= 0.6 is 34.7 Å². The minimum Gasteiger partial charge on any atom is -0.286 e. The Bertz CT molecular complexity index is 966. The van der Waals surface area contributed by atoms with E-state index in [4.69, 9.17) is 11.6 Å². The lowest BCUT2D eigenvalue weighted by molar-refractivity contribution is -0.122. The van der Waals surface area contributed by atoms with Gasteiger partial charge in [0.15, 0.2) is 5.17 Å². The van der Waals surface area contributed by atoms with E-state index < -0.39 is 10.0 Å². The van der Waals surface area contributed by atoms with Crippen LogP contribution < -0.4 is 0 Å². The van der Waals surface area contributed by atoms with Gasteiger partial charge in [-0.15, -0.1) is 15.7 Å². The van der Waals surface area contributed by atoms with E-state index >= 15 is 0 Å². The SMILES string of the molecule is CCN1C(=O)/C(=C/c2ccccc2)SC1=NS(=O)(=O)c1ccc(Cl)s1. The van der Waals surface area contributed by atoms with Crippen molar-refractivity contribution in [1.82, 2.24) is 4.90 Å². The van der Waals surface area contributed by atoms with Crippen LogP contribution in [0.1, 0.15) is 12.5 Å². The lowest BCUT2D eigenvalue weighted by Gasteiger charge is -2.11. The van der Waals surface area contributed by atoms with Gasteiger partial charge in [-0.1, -0.05) is 41.9 Å². The van der Waals surface area contributed by atoms with E-state index in [0.717, 1.165) is 28.7 Å². The Labute approximate surface area is 159 Å². The Morgan fingerprint density at radius 3 is 2.52 bits per heavy atom. The number of benzene rings is 1. The molecule has 0 unspecified atom stereocenters. The molecule has 1 saturated heterocycles.